The number of carboxylic acids is 1. The van der Waals surface area contributed by atoms with Crippen molar-refractivity contribution in [1.29, 1.82) is 0 Å². The molecule has 10 nitrogen and oxygen atoms in total. The maximum Gasteiger partial charge on any atom is 0.308 e. The number of nitrogens with one attached hydrogen (secondary N) is 1. The van der Waals surface area contributed by atoms with Crippen LogP contribution in [0.4, 0.5) is 0 Å². The zero-order valence-electron chi connectivity index (χ0n) is 18.2. The molecule has 0 bridgehead atoms. The molecule has 2 N–H and O–H groups in total. The van der Waals surface area contributed by atoms with E-state index in [1.165, 1.54) is 4.68 Å². The van der Waals surface area contributed by atoms with Crippen LogP contribution in [-0.2, 0) is 17.8 Å². The second kappa shape index (κ2) is 10.3. The molecular formula is C23H21ClN6O4. The van der Waals surface area contributed by atoms with Gasteiger partial charge in [0, 0.05) is 5.56 Å². The van der Waals surface area contributed by atoms with E-state index in [2.05, 4.69) is 25.7 Å². The van der Waals surface area contributed by atoms with E-state index < -0.39 is 17.9 Å². The largest absolute Gasteiger partial charge is 0.481 e. The SMILES string of the molecule is CCCOc1nn(Cc2ccc(-c3ccccc3-c3nn[nH]n3)cc2)c(=O)c(CC(=O)O)c1Cl. The zero-order valence-corrected chi connectivity index (χ0v) is 19.0. The number of tetrazole rings is 1. The summed E-state index contributed by atoms with van der Waals surface area (Å²) in [7, 11) is 0. The quantitative estimate of drug-likeness (QED) is 0.372. The standard InChI is InChI=1S/C23H21ClN6O4/c1-2-11-34-22-20(24)18(12-19(31)32)23(33)30(27-22)13-14-7-9-15(10-8-14)16-5-3-4-6-17(16)21-25-28-29-26-21/h3-10H,2,11-13H2,1H3,(H,31,32)(H,25,26,28,29). The molecule has 174 valence electrons. The number of nitrogens with zero attached hydrogens (tertiary/aromatic N) is 5. The third-order valence-corrected chi connectivity index (χ3v) is 5.43. The van der Waals surface area contributed by atoms with Gasteiger partial charge in [-0.1, -0.05) is 67.1 Å². The molecule has 2 heterocycles. The molecule has 11 heteroatoms. The summed E-state index contributed by atoms with van der Waals surface area (Å²) in [6.07, 6.45) is 0.187. The number of aliphatic carboxylic acids is 1. The Labute approximate surface area is 199 Å². The number of benzene rings is 2. The molecule has 0 spiro atoms. The van der Waals surface area contributed by atoms with Crippen LogP contribution in [0, 0.1) is 0 Å². The lowest BCUT2D eigenvalue weighted by molar-refractivity contribution is -0.136. The number of ether oxygens (including phenoxy) is 1. The first-order chi connectivity index (χ1) is 16.5. The number of H-pyrrole nitrogens is 1. The zero-order chi connectivity index (χ0) is 24.1. The highest BCUT2D eigenvalue weighted by Gasteiger charge is 2.20. The highest BCUT2D eigenvalue weighted by atomic mass is 35.5. The van der Waals surface area contributed by atoms with Gasteiger partial charge in [0.25, 0.3) is 11.4 Å². The van der Waals surface area contributed by atoms with E-state index in [0.717, 1.165) is 22.3 Å². The number of hydrogen-bond donors (Lipinski definition) is 2. The Balaban J connectivity index is 1.66. The van der Waals surface area contributed by atoms with Gasteiger partial charge in [0.15, 0.2) is 0 Å². The van der Waals surface area contributed by atoms with Crippen LogP contribution >= 0.6 is 11.6 Å². The molecule has 0 aliphatic rings. The van der Waals surface area contributed by atoms with Crippen molar-refractivity contribution in [3.63, 3.8) is 0 Å². The molecular weight excluding hydrogens is 460 g/mol. The number of rotatable bonds is 9. The van der Waals surface area contributed by atoms with Gasteiger partial charge < -0.3 is 9.84 Å². The maximum absolute atomic E-state index is 12.9. The summed E-state index contributed by atoms with van der Waals surface area (Å²) in [5.74, 6) is -0.630. The lowest BCUT2D eigenvalue weighted by atomic mass is 9.98. The van der Waals surface area contributed by atoms with E-state index in [-0.39, 0.29) is 23.0 Å². The van der Waals surface area contributed by atoms with Gasteiger partial charge in [-0.25, -0.2) is 4.68 Å². The summed E-state index contributed by atoms with van der Waals surface area (Å²) < 4.78 is 6.73. The third kappa shape index (κ3) is 4.96. The Kier molecular flexibility index (Phi) is 6.98. The predicted octanol–water partition coefficient (Wildman–Crippen LogP) is 3.21. The summed E-state index contributed by atoms with van der Waals surface area (Å²) in [6, 6.07) is 15.3. The fourth-order valence-electron chi connectivity index (χ4n) is 3.45. The van der Waals surface area contributed by atoms with Crippen molar-refractivity contribution in [3.8, 4) is 28.4 Å². The van der Waals surface area contributed by atoms with Crippen molar-refractivity contribution >= 4 is 17.6 Å². The minimum absolute atomic E-state index is 0.0463. The topological polar surface area (TPSA) is 136 Å². The lowest BCUT2D eigenvalue weighted by Crippen LogP contribution is -2.29. The lowest BCUT2D eigenvalue weighted by Gasteiger charge is -2.13. The molecule has 4 aromatic rings. The molecule has 0 aliphatic carbocycles. The first kappa shape index (κ1) is 23.1. The Morgan fingerprint density at radius 3 is 2.53 bits per heavy atom. The molecule has 0 saturated heterocycles. The number of carboxylic acid groups (broad SMARTS) is 1. The van der Waals surface area contributed by atoms with E-state index in [9.17, 15) is 14.7 Å². The highest BCUT2D eigenvalue weighted by molar-refractivity contribution is 6.32. The molecule has 0 radical (unpaired) electrons. The number of carbonyl (C=O) groups is 1. The van der Waals surface area contributed by atoms with Gasteiger partial charge in [0.05, 0.1) is 25.1 Å². The average Bonchev–Trinajstić information content (AvgIpc) is 3.38. The average molecular weight is 481 g/mol. The van der Waals surface area contributed by atoms with Crippen LogP contribution < -0.4 is 10.3 Å². The first-order valence-electron chi connectivity index (χ1n) is 10.5. The molecule has 0 aliphatic heterocycles. The Morgan fingerprint density at radius 2 is 1.88 bits per heavy atom. The van der Waals surface area contributed by atoms with Gasteiger partial charge in [-0.3, -0.25) is 9.59 Å². The maximum atomic E-state index is 12.9. The van der Waals surface area contributed by atoms with Crippen molar-refractivity contribution in [2.45, 2.75) is 26.3 Å². The molecule has 0 unspecified atom stereocenters. The highest BCUT2D eigenvalue weighted by Crippen LogP contribution is 2.30. The number of hydrogen-bond acceptors (Lipinski definition) is 7. The summed E-state index contributed by atoms with van der Waals surface area (Å²) in [5.41, 5.74) is 2.86. The van der Waals surface area contributed by atoms with Crippen LogP contribution in [0.2, 0.25) is 5.02 Å². The van der Waals surface area contributed by atoms with Crippen molar-refractivity contribution in [3.05, 3.63) is 75.0 Å². The third-order valence-electron chi connectivity index (χ3n) is 5.04. The van der Waals surface area contributed by atoms with Crippen LogP contribution in [0.1, 0.15) is 24.5 Å². The summed E-state index contributed by atoms with van der Waals surface area (Å²) in [5, 5.41) is 27.6. The Bertz CT molecular complexity index is 1350. The minimum Gasteiger partial charge on any atom is -0.481 e. The van der Waals surface area contributed by atoms with Gasteiger partial charge in [0.1, 0.15) is 5.02 Å². The number of aromatic amines is 1. The van der Waals surface area contributed by atoms with E-state index in [1.807, 2.05) is 55.5 Å². The van der Waals surface area contributed by atoms with Crippen molar-refractivity contribution in [2.24, 2.45) is 0 Å². The fourth-order valence-corrected chi connectivity index (χ4v) is 3.69. The monoisotopic (exact) mass is 480 g/mol. The van der Waals surface area contributed by atoms with E-state index in [1.54, 1.807) is 0 Å². The van der Waals surface area contributed by atoms with Gasteiger partial charge >= 0.3 is 5.97 Å². The van der Waals surface area contributed by atoms with Gasteiger partial charge in [-0.2, -0.15) is 5.21 Å². The molecule has 0 amide bonds. The van der Waals surface area contributed by atoms with Crippen LogP contribution in [0.5, 0.6) is 5.88 Å². The van der Waals surface area contributed by atoms with Gasteiger partial charge in [-0.15, -0.1) is 15.3 Å². The van der Waals surface area contributed by atoms with Crippen molar-refractivity contribution in [2.75, 3.05) is 6.61 Å². The number of aromatic nitrogens is 6. The van der Waals surface area contributed by atoms with Crippen LogP contribution in [0.15, 0.2) is 53.3 Å². The van der Waals surface area contributed by atoms with E-state index in [4.69, 9.17) is 16.3 Å². The molecule has 2 aromatic carbocycles. The second-order valence-electron chi connectivity index (χ2n) is 7.46. The Morgan fingerprint density at radius 1 is 1.15 bits per heavy atom. The first-order valence-corrected chi connectivity index (χ1v) is 10.9. The second-order valence-corrected chi connectivity index (χ2v) is 7.84. The fraction of sp³-hybridized carbons (Fsp3) is 0.217. The van der Waals surface area contributed by atoms with Crippen LogP contribution in [0.3, 0.4) is 0 Å². The summed E-state index contributed by atoms with van der Waals surface area (Å²) in [6.45, 7) is 2.38. The summed E-state index contributed by atoms with van der Waals surface area (Å²) >= 11 is 6.23. The molecule has 0 saturated carbocycles. The smallest absolute Gasteiger partial charge is 0.308 e. The van der Waals surface area contributed by atoms with Gasteiger partial charge in [-0.05, 0) is 28.3 Å². The summed E-state index contributed by atoms with van der Waals surface area (Å²) in [4.78, 5) is 24.2. The molecule has 4 rings (SSSR count). The molecule has 0 atom stereocenters. The molecule has 0 fully saturated rings. The number of halogens is 1. The minimum atomic E-state index is -1.16. The normalized spacial score (nSPS) is 10.9. The van der Waals surface area contributed by atoms with Crippen molar-refractivity contribution in [1.82, 2.24) is 30.4 Å². The Hall–Kier alpha value is -4.05. The van der Waals surface area contributed by atoms with E-state index >= 15 is 0 Å². The molecule has 34 heavy (non-hydrogen) atoms. The van der Waals surface area contributed by atoms with E-state index in [0.29, 0.717) is 18.9 Å². The molecule has 2 aromatic heterocycles. The van der Waals surface area contributed by atoms with Crippen LogP contribution in [0.25, 0.3) is 22.5 Å². The predicted molar refractivity (Wildman–Crippen MR) is 125 cm³/mol. The van der Waals surface area contributed by atoms with Crippen molar-refractivity contribution < 1.29 is 14.6 Å². The van der Waals surface area contributed by atoms with Crippen LogP contribution in [-0.4, -0.2) is 48.1 Å². The van der Waals surface area contributed by atoms with Gasteiger partial charge in [0.2, 0.25) is 5.82 Å².